The number of ether oxygens (including phenoxy) is 1. The van der Waals surface area contributed by atoms with E-state index in [4.69, 9.17) is 4.74 Å². The van der Waals surface area contributed by atoms with Gasteiger partial charge in [0.05, 0.1) is 0 Å². The van der Waals surface area contributed by atoms with Crippen molar-refractivity contribution >= 4 is 0 Å². The Morgan fingerprint density at radius 1 is 1.33 bits per heavy atom. The molecule has 102 valence electrons. The summed E-state index contributed by atoms with van der Waals surface area (Å²) < 4.78 is 5.32. The van der Waals surface area contributed by atoms with Gasteiger partial charge < -0.3 is 10.1 Å². The Labute approximate surface area is 112 Å². The summed E-state index contributed by atoms with van der Waals surface area (Å²) in [5.41, 5.74) is 2.79. The summed E-state index contributed by atoms with van der Waals surface area (Å²) in [6.45, 7) is 9.19. The molecule has 0 fully saturated rings. The maximum Gasteiger partial charge on any atom is 0.0477 e. The van der Waals surface area contributed by atoms with E-state index in [1.165, 1.54) is 17.5 Å². The van der Waals surface area contributed by atoms with E-state index in [-0.39, 0.29) is 0 Å². The second-order valence-corrected chi connectivity index (χ2v) is 4.93. The van der Waals surface area contributed by atoms with Crippen LogP contribution in [0.25, 0.3) is 0 Å². The molecule has 1 aromatic carbocycles. The van der Waals surface area contributed by atoms with E-state index in [1.54, 1.807) is 0 Å². The molecule has 1 N–H and O–H groups in total. The van der Waals surface area contributed by atoms with Crippen LogP contribution in [0.3, 0.4) is 0 Å². The van der Waals surface area contributed by atoms with Gasteiger partial charge in [-0.05, 0) is 52.1 Å². The Balaban J connectivity index is 2.11. The van der Waals surface area contributed by atoms with Crippen molar-refractivity contribution in [1.82, 2.24) is 5.32 Å². The van der Waals surface area contributed by atoms with E-state index in [2.05, 4.69) is 43.4 Å². The van der Waals surface area contributed by atoms with Crippen LogP contribution in [0.15, 0.2) is 24.3 Å². The lowest BCUT2D eigenvalue weighted by molar-refractivity contribution is 0.144. The van der Waals surface area contributed by atoms with Gasteiger partial charge in [0.2, 0.25) is 0 Å². The lowest BCUT2D eigenvalue weighted by Crippen LogP contribution is -2.28. The van der Waals surface area contributed by atoms with Gasteiger partial charge in [-0.1, -0.05) is 29.8 Å². The van der Waals surface area contributed by atoms with Crippen LogP contribution in [0.5, 0.6) is 0 Å². The number of aryl methyl sites for hydroxylation is 2. The zero-order valence-electron chi connectivity index (χ0n) is 12.0. The Hall–Kier alpha value is -0.860. The molecule has 0 heterocycles. The van der Waals surface area contributed by atoms with Crippen LogP contribution < -0.4 is 5.32 Å². The highest BCUT2D eigenvalue weighted by Gasteiger charge is 2.01. The molecule has 0 saturated heterocycles. The Morgan fingerprint density at radius 3 is 2.89 bits per heavy atom. The standard InChI is InChI=1S/C16H27NO/c1-4-18-12-6-11-17-15(3)9-10-16-8-5-7-14(2)13-16/h5,7-8,13,15,17H,4,6,9-12H2,1-3H3. The van der Waals surface area contributed by atoms with Crippen molar-refractivity contribution in [1.29, 1.82) is 0 Å². The molecule has 0 amide bonds. The van der Waals surface area contributed by atoms with Crippen molar-refractivity contribution < 1.29 is 4.74 Å². The molecule has 0 radical (unpaired) electrons. The summed E-state index contributed by atoms with van der Waals surface area (Å²) in [4.78, 5) is 0. The number of hydrogen-bond donors (Lipinski definition) is 1. The number of benzene rings is 1. The maximum atomic E-state index is 5.32. The van der Waals surface area contributed by atoms with Gasteiger partial charge in [-0.25, -0.2) is 0 Å². The van der Waals surface area contributed by atoms with Crippen LogP contribution in [-0.2, 0) is 11.2 Å². The predicted molar refractivity (Wildman–Crippen MR) is 78.1 cm³/mol. The van der Waals surface area contributed by atoms with Crippen LogP contribution in [0.1, 0.15) is 37.8 Å². The third kappa shape index (κ3) is 6.77. The molecule has 0 aliphatic rings. The first-order chi connectivity index (χ1) is 8.72. The fourth-order valence-corrected chi connectivity index (χ4v) is 2.02. The van der Waals surface area contributed by atoms with Gasteiger partial charge in [0, 0.05) is 19.3 Å². The van der Waals surface area contributed by atoms with Crippen molar-refractivity contribution in [3.8, 4) is 0 Å². The van der Waals surface area contributed by atoms with Gasteiger partial charge in [-0.3, -0.25) is 0 Å². The topological polar surface area (TPSA) is 21.3 Å². The molecule has 0 spiro atoms. The third-order valence-corrected chi connectivity index (χ3v) is 3.11. The van der Waals surface area contributed by atoms with Gasteiger partial charge >= 0.3 is 0 Å². The fourth-order valence-electron chi connectivity index (χ4n) is 2.02. The van der Waals surface area contributed by atoms with Crippen LogP contribution in [0.4, 0.5) is 0 Å². The molecule has 1 unspecified atom stereocenters. The minimum absolute atomic E-state index is 0.576. The van der Waals surface area contributed by atoms with Crippen LogP contribution in [0, 0.1) is 6.92 Å². The summed E-state index contributed by atoms with van der Waals surface area (Å²) in [7, 11) is 0. The molecule has 1 atom stereocenters. The minimum Gasteiger partial charge on any atom is -0.382 e. The number of hydrogen-bond acceptors (Lipinski definition) is 2. The van der Waals surface area contributed by atoms with Crippen molar-refractivity contribution in [2.45, 2.75) is 46.1 Å². The molecule has 18 heavy (non-hydrogen) atoms. The van der Waals surface area contributed by atoms with E-state index >= 15 is 0 Å². The van der Waals surface area contributed by atoms with E-state index in [0.29, 0.717) is 6.04 Å². The van der Waals surface area contributed by atoms with Crippen LogP contribution >= 0.6 is 0 Å². The van der Waals surface area contributed by atoms with Crippen molar-refractivity contribution in [3.63, 3.8) is 0 Å². The smallest absolute Gasteiger partial charge is 0.0477 e. The summed E-state index contributed by atoms with van der Waals surface area (Å²) in [5.74, 6) is 0. The Bertz CT molecular complexity index is 325. The first-order valence-corrected chi connectivity index (χ1v) is 7.09. The largest absolute Gasteiger partial charge is 0.382 e. The monoisotopic (exact) mass is 249 g/mol. The zero-order chi connectivity index (χ0) is 13.2. The van der Waals surface area contributed by atoms with E-state index in [1.807, 2.05) is 6.92 Å². The van der Waals surface area contributed by atoms with Gasteiger partial charge in [0.1, 0.15) is 0 Å². The van der Waals surface area contributed by atoms with E-state index in [0.717, 1.165) is 32.6 Å². The van der Waals surface area contributed by atoms with Gasteiger partial charge in [-0.2, -0.15) is 0 Å². The first kappa shape index (κ1) is 15.2. The first-order valence-electron chi connectivity index (χ1n) is 7.09. The lowest BCUT2D eigenvalue weighted by Gasteiger charge is -2.13. The van der Waals surface area contributed by atoms with Gasteiger partial charge in [0.15, 0.2) is 0 Å². The maximum absolute atomic E-state index is 5.32. The Morgan fingerprint density at radius 2 is 2.17 bits per heavy atom. The highest BCUT2D eigenvalue weighted by Crippen LogP contribution is 2.08. The quantitative estimate of drug-likeness (QED) is 0.678. The molecule has 2 heteroatoms. The molecule has 0 aromatic heterocycles. The normalized spacial score (nSPS) is 12.6. The SMILES string of the molecule is CCOCCCNC(C)CCc1cccc(C)c1. The second-order valence-electron chi connectivity index (χ2n) is 4.93. The van der Waals surface area contributed by atoms with Crippen LogP contribution in [0.2, 0.25) is 0 Å². The number of rotatable bonds is 9. The summed E-state index contributed by atoms with van der Waals surface area (Å²) in [6, 6.07) is 9.37. The third-order valence-electron chi connectivity index (χ3n) is 3.11. The average Bonchev–Trinajstić information content (AvgIpc) is 2.36. The lowest BCUT2D eigenvalue weighted by atomic mass is 10.0. The second kappa shape index (κ2) is 9.12. The molecular formula is C16H27NO. The molecule has 1 rings (SSSR count). The summed E-state index contributed by atoms with van der Waals surface area (Å²) >= 11 is 0. The predicted octanol–water partition coefficient (Wildman–Crippen LogP) is 3.33. The molecule has 0 saturated carbocycles. The Kier molecular flexibility index (Phi) is 7.70. The molecular weight excluding hydrogens is 222 g/mol. The molecule has 0 aliphatic heterocycles. The molecule has 1 aromatic rings. The van der Waals surface area contributed by atoms with Crippen LogP contribution in [-0.4, -0.2) is 25.8 Å². The highest BCUT2D eigenvalue weighted by atomic mass is 16.5. The van der Waals surface area contributed by atoms with Gasteiger partial charge in [-0.15, -0.1) is 0 Å². The summed E-state index contributed by atoms with van der Waals surface area (Å²) in [6.07, 6.45) is 3.45. The molecule has 2 nitrogen and oxygen atoms in total. The van der Waals surface area contributed by atoms with E-state index < -0.39 is 0 Å². The van der Waals surface area contributed by atoms with Gasteiger partial charge in [0.25, 0.3) is 0 Å². The van der Waals surface area contributed by atoms with E-state index in [9.17, 15) is 0 Å². The molecule has 0 bridgehead atoms. The highest BCUT2D eigenvalue weighted by molar-refractivity contribution is 5.22. The van der Waals surface area contributed by atoms with Crippen molar-refractivity contribution in [2.24, 2.45) is 0 Å². The average molecular weight is 249 g/mol. The summed E-state index contributed by atoms with van der Waals surface area (Å²) in [5, 5.41) is 3.55. The fraction of sp³-hybridized carbons (Fsp3) is 0.625. The van der Waals surface area contributed by atoms with Crippen molar-refractivity contribution in [3.05, 3.63) is 35.4 Å². The number of nitrogens with one attached hydrogen (secondary N) is 1. The molecule has 0 aliphatic carbocycles. The van der Waals surface area contributed by atoms with Crippen molar-refractivity contribution in [2.75, 3.05) is 19.8 Å². The zero-order valence-corrected chi connectivity index (χ0v) is 12.0. The minimum atomic E-state index is 0.576.